The van der Waals surface area contributed by atoms with E-state index >= 15 is 0 Å². The lowest BCUT2D eigenvalue weighted by Gasteiger charge is -2.10. The number of carbonyl (C=O) groups excluding carboxylic acids is 2. The molecule has 5 nitrogen and oxygen atoms in total. The van der Waals surface area contributed by atoms with E-state index in [1.807, 2.05) is 26.8 Å². The Kier molecular flexibility index (Phi) is 4.44. The summed E-state index contributed by atoms with van der Waals surface area (Å²) >= 11 is 0. The van der Waals surface area contributed by atoms with E-state index in [-0.39, 0.29) is 17.4 Å². The molecule has 1 aliphatic heterocycles. The van der Waals surface area contributed by atoms with Crippen molar-refractivity contribution < 1.29 is 14.0 Å². The molecule has 0 spiro atoms. The molecule has 6 heteroatoms. The fourth-order valence-corrected chi connectivity index (χ4v) is 3.09. The fraction of sp³-hybridized carbons (Fsp3) is 0.263. The van der Waals surface area contributed by atoms with Crippen LogP contribution in [0.2, 0.25) is 0 Å². The molecule has 1 aromatic heterocycles. The van der Waals surface area contributed by atoms with E-state index in [9.17, 15) is 14.0 Å². The van der Waals surface area contributed by atoms with Crippen molar-refractivity contribution in [2.24, 2.45) is 0 Å². The first kappa shape index (κ1) is 17.0. The van der Waals surface area contributed by atoms with E-state index in [1.165, 1.54) is 11.0 Å². The second kappa shape index (κ2) is 6.55. The third-order valence-electron chi connectivity index (χ3n) is 4.27. The van der Waals surface area contributed by atoms with Gasteiger partial charge in [-0.1, -0.05) is 19.1 Å². The lowest BCUT2D eigenvalue weighted by molar-refractivity contribution is -0.122. The second-order valence-electron chi connectivity index (χ2n) is 6.06. The molecule has 2 heterocycles. The van der Waals surface area contributed by atoms with Gasteiger partial charge in [-0.3, -0.25) is 9.69 Å². The van der Waals surface area contributed by atoms with Gasteiger partial charge in [0.2, 0.25) is 0 Å². The Morgan fingerprint density at radius 2 is 1.92 bits per heavy atom. The molecule has 0 saturated carbocycles. The van der Waals surface area contributed by atoms with Crippen molar-refractivity contribution in [1.82, 2.24) is 14.8 Å². The molecule has 3 rings (SSSR count). The summed E-state index contributed by atoms with van der Waals surface area (Å²) in [4.78, 5) is 25.4. The minimum Gasteiger partial charge on any atom is -0.315 e. The highest BCUT2D eigenvalue weighted by Gasteiger charge is 2.32. The zero-order chi connectivity index (χ0) is 18.1. The number of halogens is 1. The van der Waals surface area contributed by atoms with Crippen LogP contribution < -0.4 is 5.32 Å². The van der Waals surface area contributed by atoms with Gasteiger partial charge in [-0.2, -0.15) is 0 Å². The van der Waals surface area contributed by atoms with Crippen LogP contribution in [-0.4, -0.2) is 28.0 Å². The number of benzene rings is 1. The number of aromatic nitrogens is 1. The predicted octanol–water partition coefficient (Wildman–Crippen LogP) is 3.54. The van der Waals surface area contributed by atoms with Gasteiger partial charge < -0.3 is 9.88 Å². The molecule has 2 aromatic rings. The summed E-state index contributed by atoms with van der Waals surface area (Å²) in [5, 5.41) is 2.61. The molecule has 1 fully saturated rings. The Balaban J connectivity index is 2.01. The SMILES string of the molecule is CCCN1C(=O)N/C(=C/c2cc(C)n(-c3ccccc3F)c2C)C1=O. The number of rotatable bonds is 4. The number of amides is 3. The number of nitrogens with zero attached hydrogens (tertiary/aromatic N) is 2. The predicted molar refractivity (Wildman–Crippen MR) is 93.7 cm³/mol. The maximum atomic E-state index is 14.1. The first-order valence-corrected chi connectivity index (χ1v) is 8.22. The van der Waals surface area contributed by atoms with Gasteiger partial charge in [0.25, 0.3) is 5.91 Å². The molecular formula is C19H20FN3O2. The smallest absolute Gasteiger partial charge is 0.315 e. The topological polar surface area (TPSA) is 54.3 Å². The highest BCUT2D eigenvalue weighted by molar-refractivity contribution is 6.14. The molecule has 0 aliphatic carbocycles. The van der Waals surface area contributed by atoms with E-state index in [0.717, 1.165) is 17.0 Å². The highest BCUT2D eigenvalue weighted by atomic mass is 19.1. The van der Waals surface area contributed by atoms with E-state index in [4.69, 9.17) is 0 Å². The molecule has 1 aromatic carbocycles. The summed E-state index contributed by atoms with van der Waals surface area (Å²) in [5.74, 6) is -0.648. The lowest BCUT2D eigenvalue weighted by Crippen LogP contribution is -2.31. The Hall–Kier alpha value is -2.89. The molecule has 0 bridgehead atoms. The lowest BCUT2D eigenvalue weighted by atomic mass is 10.2. The van der Waals surface area contributed by atoms with Gasteiger partial charge in [-0.05, 0) is 50.1 Å². The van der Waals surface area contributed by atoms with E-state index < -0.39 is 6.03 Å². The highest BCUT2D eigenvalue weighted by Crippen LogP contribution is 2.25. The first-order valence-electron chi connectivity index (χ1n) is 8.22. The molecule has 130 valence electrons. The van der Waals surface area contributed by atoms with Crippen LogP contribution in [0.15, 0.2) is 36.0 Å². The fourth-order valence-electron chi connectivity index (χ4n) is 3.09. The number of carbonyl (C=O) groups is 2. The standard InChI is InChI=1S/C19H20FN3O2/c1-4-9-22-18(24)16(21-19(22)25)11-14-10-12(2)23(13(14)3)17-8-6-5-7-15(17)20/h5-8,10-11H,4,9H2,1-3H3,(H,21,25)/b16-11+. The number of urea groups is 1. The minimum absolute atomic E-state index is 0.243. The van der Waals surface area contributed by atoms with Gasteiger partial charge in [0.15, 0.2) is 0 Å². The van der Waals surface area contributed by atoms with Crippen molar-refractivity contribution in [3.8, 4) is 5.69 Å². The third-order valence-corrected chi connectivity index (χ3v) is 4.27. The number of para-hydroxylation sites is 1. The van der Waals surface area contributed by atoms with Crippen molar-refractivity contribution in [2.75, 3.05) is 6.54 Å². The van der Waals surface area contributed by atoms with E-state index in [2.05, 4.69) is 5.32 Å². The van der Waals surface area contributed by atoms with E-state index in [1.54, 1.807) is 28.8 Å². The molecule has 1 saturated heterocycles. The molecular weight excluding hydrogens is 321 g/mol. The van der Waals surface area contributed by atoms with Crippen LogP contribution in [0, 0.1) is 19.7 Å². The molecule has 25 heavy (non-hydrogen) atoms. The van der Waals surface area contributed by atoms with Crippen LogP contribution in [0.4, 0.5) is 9.18 Å². The average molecular weight is 341 g/mol. The maximum Gasteiger partial charge on any atom is 0.329 e. The van der Waals surface area contributed by atoms with Gasteiger partial charge in [-0.15, -0.1) is 0 Å². The Morgan fingerprint density at radius 1 is 1.20 bits per heavy atom. The van der Waals surface area contributed by atoms with Crippen molar-refractivity contribution in [2.45, 2.75) is 27.2 Å². The van der Waals surface area contributed by atoms with Crippen LogP contribution in [-0.2, 0) is 4.79 Å². The van der Waals surface area contributed by atoms with Crippen LogP contribution in [0.1, 0.15) is 30.3 Å². The summed E-state index contributed by atoms with van der Waals surface area (Å²) in [6.07, 6.45) is 2.35. The first-order chi connectivity index (χ1) is 11.9. The summed E-state index contributed by atoms with van der Waals surface area (Å²) in [5.41, 5.74) is 3.11. The number of aryl methyl sites for hydroxylation is 1. The van der Waals surface area contributed by atoms with Gasteiger partial charge in [0.1, 0.15) is 11.5 Å². The Morgan fingerprint density at radius 3 is 2.60 bits per heavy atom. The Bertz CT molecular complexity index is 883. The molecule has 1 N–H and O–H groups in total. The number of hydrogen-bond acceptors (Lipinski definition) is 2. The van der Waals surface area contributed by atoms with Crippen molar-refractivity contribution in [1.29, 1.82) is 0 Å². The van der Waals surface area contributed by atoms with Crippen molar-refractivity contribution in [3.05, 3.63) is 58.8 Å². The Labute approximate surface area is 145 Å². The van der Waals surface area contributed by atoms with Gasteiger partial charge in [0, 0.05) is 17.9 Å². The monoisotopic (exact) mass is 341 g/mol. The number of nitrogens with one attached hydrogen (secondary N) is 1. The number of imide groups is 1. The zero-order valence-corrected chi connectivity index (χ0v) is 14.5. The summed E-state index contributed by atoms with van der Waals surface area (Å²) in [7, 11) is 0. The average Bonchev–Trinajstić information content (AvgIpc) is 2.99. The van der Waals surface area contributed by atoms with Crippen LogP contribution in [0.3, 0.4) is 0 Å². The number of hydrogen-bond donors (Lipinski definition) is 1. The quantitative estimate of drug-likeness (QED) is 0.683. The molecule has 0 unspecified atom stereocenters. The van der Waals surface area contributed by atoms with Gasteiger partial charge in [0.05, 0.1) is 5.69 Å². The summed E-state index contributed by atoms with van der Waals surface area (Å²) in [6.45, 7) is 6.03. The normalized spacial score (nSPS) is 16.0. The second-order valence-corrected chi connectivity index (χ2v) is 6.06. The van der Waals surface area contributed by atoms with Crippen molar-refractivity contribution >= 4 is 18.0 Å². The maximum absolute atomic E-state index is 14.1. The van der Waals surface area contributed by atoms with Crippen LogP contribution in [0.25, 0.3) is 11.8 Å². The molecule has 3 amide bonds. The van der Waals surface area contributed by atoms with Crippen molar-refractivity contribution in [3.63, 3.8) is 0 Å². The molecule has 0 radical (unpaired) electrons. The minimum atomic E-state index is -0.402. The van der Waals surface area contributed by atoms with E-state index in [0.29, 0.717) is 18.7 Å². The summed E-state index contributed by atoms with van der Waals surface area (Å²) < 4.78 is 15.9. The van der Waals surface area contributed by atoms with Gasteiger partial charge in [-0.25, -0.2) is 9.18 Å². The summed E-state index contributed by atoms with van der Waals surface area (Å²) in [6, 6.07) is 8.01. The van der Waals surface area contributed by atoms with Gasteiger partial charge >= 0.3 is 6.03 Å². The zero-order valence-electron chi connectivity index (χ0n) is 14.5. The van der Waals surface area contributed by atoms with Crippen LogP contribution >= 0.6 is 0 Å². The molecule has 0 atom stereocenters. The third kappa shape index (κ3) is 2.95. The molecule has 1 aliphatic rings. The largest absolute Gasteiger partial charge is 0.329 e. The van der Waals surface area contributed by atoms with Crippen LogP contribution in [0.5, 0.6) is 0 Å².